The quantitative estimate of drug-likeness (QED) is 0.362. The molecule has 0 amide bonds. The fourth-order valence-electron chi connectivity index (χ4n) is 0.632. The number of carboxylic acid groups (broad SMARTS) is 1. The van der Waals surface area contributed by atoms with Gasteiger partial charge in [0.1, 0.15) is 6.04 Å². The van der Waals surface area contributed by atoms with Crippen molar-refractivity contribution in [2.24, 2.45) is 11.5 Å². The van der Waals surface area contributed by atoms with Gasteiger partial charge in [-0.2, -0.15) is 0 Å². The van der Waals surface area contributed by atoms with Gasteiger partial charge >= 0.3 is 5.97 Å². The van der Waals surface area contributed by atoms with E-state index in [1.165, 1.54) is 0 Å². The Morgan fingerprint density at radius 1 is 1.50 bits per heavy atom. The zero-order valence-electron chi connectivity index (χ0n) is 5.92. The van der Waals surface area contributed by atoms with Crippen molar-refractivity contribution < 1.29 is 9.90 Å². The molecule has 0 aromatic rings. The molecular formula is C6H14N2O2. The maximum atomic E-state index is 10.1. The first-order valence-corrected chi connectivity index (χ1v) is 3.37. The zero-order valence-corrected chi connectivity index (χ0v) is 5.92. The molecule has 5 N–H and O–H groups in total. The number of unbranched alkanes of at least 4 members (excludes halogenated alkanes) is 1. The minimum absolute atomic E-state index is 0.520. The van der Waals surface area contributed by atoms with E-state index in [9.17, 15) is 4.79 Å². The number of rotatable bonds is 5. The average molecular weight is 147 g/mol. The molecule has 60 valence electrons. The van der Waals surface area contributed by atoms with Gasteiger partial charge < -0.3 is 16.6 Å². The fraction of sp³-hybridized carbons (Fsp3) is 0.833. The molecule has 4 nitrogen and oxygen atoms in total. The average Bonchev–Trinajstić information content (AvgIpc) is 1.88. The van der Waals surface area contributed by atoms with Crippen molar-refractivity contribution in [2.45, 2.75) is 25.3 Å². The first-order valence-electron chi connectivity index (χ1n) is 3.37. The maximum Gasteiger partial charge on any atom is 0.320 e. The first kappa shape index (κ1) is 9.39. The number of nitrogens with two attached hydrogens (primary N) is 2. The Hall–Kier alpha value is -0.610. The fourth-order valence-corrected chi connectivity index (χ4v) is 0.632. The summed E-state index contributed by atoms with van der Waals surface area (Å²) >= 11 is 0. The Morgan fingerprint density at radius 3 is 2.50 bits per heavy atom. The van der Waals surface area contributed by atoms with Crippen LogP contribution in [0.2, 0.25) is 0 Å². The zero-order chi connectivity index (χ0) is 7.98. The summed E-state index contributed by atoms with van der Waals surface area (Å²) in [6, 6.07) is -0.716. The Kier molecular flexibility index (Phi) is 4.88. The van der Waals surface area contributed by atoms with Crippen molar-refractivity contribution in [3.05, 3.63) is 0 Å². The molecule has 0 aliphatic carbocycles. The summed E-state index contributed by atoms with van der Waals surface area (Å²) in [5, 5.41) is 8.33. The smallest absolute Gasteiger partial charge is 0.320 e. The Morgan fingerprint density at radius 2 is 2.10 bits per heavy atom. The van der Waals surface area contributed by atoms with Gasteiger partial charge in [0.05, 0.1) is 0 Å². The molecule has 0 aromatic heterocycles. The van der Waals surface area contributed by atoms with Crippen LogP contribution in [0.4, 0.5) is 0 Å². The molecule has 1 atom stereocenters. The van der Waals surface area contributed by atoms with Gasteiger partial charge in [-0.05, 0) is 19.4 Å². The lowest BCUT2D eigenvalue weighted by atomic mass is 10.3. The van der Waals surface area contributed by atoms with Crippen LogP contribution < -0.4 is 11.5 Å². The van der Waals surface area contributed by atoms with E-state index in [2.05, 4.69) is 0 Å². The van der Waals surface area contributed by atoms with Crippen LogP contribution in [-0.4, -0.2) is 23.7 Å². The third kappa shape index (κ3) is 4.29. The second kappa shape index (κ2) is 5.20. The largest absolute Gasteiger partial charge is 0.480 e. The highest BCUT2D eigenvalue weighted by molar-refractivity contribution is 5.72. The molecular weight excluding hydrogens is 133 g/mol. The number of carboxylic acids is 1. The molecule has 10 heavy (non-hydrogen) atoms. The minimum atomic E-state index is -0.933. The van der Waals surface area contributed by atoms with Crippen molar-refractivity contribution in [3.63, 3.8) is 0 Å². The van der Waals surface area contributed by atoms with E-state index in [1.807, 2.05) is 0 Å². The van der Waals surface area contributed by atoms with E-state index >= 15 is 0 Å². The Balaban J connectivity index is 3.21. The van der Waals surface area contributed by atoms with Crippen LogP contribution in [0, 0.1) is 0 Å². The molecule has 0 spiro atoms. The summed E-state index contributed by atoms with van der Waals surface area (Å²) in [4.78, 5) is 10.1. The van der Waals surface area contributed by atoms with E-state index in [-0.39, 0.29) is 0 Å². The summed E-state index contributed by atoms with van der Waals surface area (Å²) in [6.07, 6.45) is 2.16. The summed E-state index contributed by atoms with van der Waals surface area (Å²) in [5.41, 5.74) is 10.4. The van der Waals surface area contributed by atoms with E-state index in [1.54, 1.807) is 0 Å². The monoisotopic (exact) mass is 147 g/mol. The lowest BCUT2D eigenvalue weighted by Crippen LogP contribution is -2.29. The van der Waals surface area contributed by atoms with E-state index in [0.717, 1.165) is 12.8 Å². The highest BCUT2D eigenvalue weighted by atomic mass is 16.4. The lowest BCUT2D eigenvalue weighted by Gasteiger charge is -2.03. The van der Waals surface area contributed by atoms with Crippen molar-refractivity contribution in [1.29, 1.82) is 0 Å². The standard InChI is InChI=1S/C6H14N2O2/c7-4-2-1-3-5(8)6(9)10/h5H,1-4,7-8H2,(H,9,10)/t5-/m0/s1/i5+1. The molecule has 0 aliphatic heterocycles. The SMILES string of the molecule is NCCCC[13C@H](N)C(=O)O. The summed E-state index contributed by atoms with van der Waals surface area (Å²) in [5.74, 6) is -0.933. The van der Waals surface area contributed by atoms with Crippen LogP contribution in [0.25, 0.3) is 0 Å². The highest BCUT2D eigenvalue weighted by Gasteiger charge is 2.09. The number of carbonyl (C=O) groups is 1. The molecule has 0 unspecified atom stereocenters. The third-order valence-electron chi connectivity index (χ3n) is 1.29. The number of hydrogen-bond acceptors (Lipinski definition) is 3. The van der Waals surface area contributed by atoms with Gasteiger partial charge in [-0.3, -0.25) is 4.79 Å². The number of hydrogen-bond donors (Lipinski definition) is 3. The third-order valence-corrected chi connectivity index (χ3v) is 1.29. The predicted octanol–water partition coefficient (Wildman–Crippen LogP) is -0.473. The van der Waals surface area contributed by atoms with Crippen LogP contribution in [0.5, 0.6) is 0 Å². The molecule has 0 rings (SSSR count). The summed E-state index contributed by atoms with van der Waals surface area (Å²) in [7, 11) is 0. The van der Waals surface area contributed by atoms with Crippen LogP contribution in [0.3, 0.4) is 0 Å². The highest BCUT2D eigenvalue weighted by Crippen LogP contribution is 1.96. The van der Waals surface area contributed by atoms with Gasteiger partial charge in [0.25, 0.3) is 0 Å². The molecule has 0 radical (unpaired) electrons. The first-order chi connectivity index (χ1) is 4.68. The molecule has 0 bridgehead atoms. The molecule has 0 fully saturated rings. The Bertz CT molecular complexity index is 106. The molecule has 0 heterocycles. The molecule has 4 heteroatoms. The van der Waals surface area contributed by atoms with Crippen LogP contribution >= 0.6 is 0 Å². The molecule has 0 aliphatic rings. The maximum absolute atomic E-state index is 10.1. The second-order valence-corrected chi connectivity index (χ2v) is 2.23. The van der Waals surface area contributed by atoms with Crippen LogP contribution in [0.15, 0.2) is 0 Å². The number of aliphatic carboxylic acids is 1. The summed E-state index contributed by atoms with van der Waals surface area (Å²) in [6.45, 7) is 0.604. The van der Waals surface area contributed by atoms with E-state index in [4.69, 9.17) is 16.6 Å². The molecule has 0 saturated carbocycles. The lowest BCUT2D eigenvalue weighted by molar-refractivity contribution is -0.138. The van der Waals surface area contributed by atoms with Gasteiger partial charge in [-0.25, -0.2) is 0 Å². The van der Waals surface area contributed by atoms with Gasteiger partial charge in [0.15, 0.2) is 0 Å². The van der Waals surface area contributed by atoms with Gasteiger partial charge in [0.2, 0.25) is 0 Å². The Labute approximate surface area is 60.2 Å². The minimum Gasteiger partial charge on any atom is -0.480 e. The van der Waals surface area contributed by atoms with Gasteiger partial charge in [-0.15, -0.1) is 0 Å². The van der Waals surface area contributed by atoms with Crippen molar-refractivity contribution in [3.8, 4) is 0 Å². The predicted molar refractivity (Wildman–Crippen MR) is 38.5 cm³/mol. The molecule has 0 saturated heterocycles. The second-order valence-electron chi connectivity index (χ2n) is 2.23. The van der Waals surface area contributed by atoms with E-state index < -0.39 is 12.0 Å². The normalized spacial score (nSPS) is 13.0. The topological polar surface area (TPSA) is 89.3 Å². The van der Waals surface area contributed by atoms with Crippen molar-refractivity contribution in [2.75, 3.05) is 6.54 Å². The van der Waals surface area contributed by atoms with Crippen LogP contribution in [0.1, 0.15) is 19.3 Å². The van der Waals surface area contributed by atoms with E-state index in [0.29, 0.717) is 13.0 Å². The summed E-state index contributed by atoms with van der Waals surface area (Å²) < 4.78 is 0. The van der Waals surface area contributed by atoms with Crippen molar-refractivity contribution >= 4 is 5.97 Å². The molecule has 0 aromatic carbocycles. The van der Waals surface area contributed by atoms with Crippen LogP contribution in [-0.2, 0) is 4.79 Å². The van der Waals surface area contributed by atoms with Gasteiger partial charge in [0, 0.05) is 0 Å². The van der Waals surface area contributed by atoms with Crippen molar-refractivity contribution in [1.82, 2.24) is 0 Å². The van der Waals surface area contributed by atoms with Gasteiger partial charge in [-0.1, -0.05) is 6.42 Å².